The second-order valence-electron chi connectivity index (χ2n) is 4.43. The van der Waals surface area contributed by atoms with E-state index in [9.17, 15) is 4.79 Å². The van der Waals surface area contributed by atoms with Crippen LogP contribution < -0.4 is 5.32 Å². The van der Waals surface area contributed by atoms with Crippen molar-refractivity contribution in [3.05, 3.63) is 0 Å². The molecule has 4 nitrogen and oxygen atoms in total. The van der Waals surface area contributed by atoms with E-state index in [1.807, 2.05) is 4.90 Å². The van der Waals surface area contributed by atoms with Gasteiger partial charge in [-0.25, -0.2) is 0 Å². The van der Waals surface area contributed by atoms with Gasteiger partial charge in [-0.05, 0) is 26.3 Å². The van der Waals surface area contributed by atoms with Gasteiger partial charge in [0.15, 0.2) is 0 Å². The highest BCUT2D eigenvalue weighted by Gasteiger charge is 2.31. The summed E-state index contributed by atoms with van der Waals surface area (Å²) in [7, 11) is 0. The predicted molar refractivity (Wildman–Crippen MR) is 64.8 cm³/mol. The van der Waals surface area contributed by atoms with Gasteiger partial charge in [0.2, 0.25) is 5.91 Å². The van der Waals surface area contributed by atoms with E-state index in [0.29, 0.717) is 25.2 Å². The van der Waals surface area contributed by atoms with E-state index in [-0.39, 0.29) is 18.3 Å². The molecule has 0 aromatic heterocycles. The van der Waals surface area contributed by atoms with Crippen molar-refractivity contribution in [3.63, 3.8) is 0 Å². The molecule has 2 atom stereocenters. The minimum Gasteiger partial charge on any atom is -0.378 e. The molecule has 94 valence electrons. The van der Waals surface area contributed by atoms with Crippen LogP contribution in [-0.4, -0.2) is 49.7 Å². The third kappa shape index (κ3) is 3.09. The Kier molecular flexibility index (Phi) is 5.52. The number of piperidine rings is 1. The third-order valence-corrected chi connectivity index (χ3v) is 3.40. The molecule has 1 amide bonds. The minimum atomic E-state index is 0. The van der Waals surface area contributed by atoms with E-state index in [2.05, 4.69) is 12.2 Å². The minimum absolute atomic E-state index is 0. The van der Waals surface area contributed by atoms with Crippen molar-refractivity contribution >= 4 is 18.3 Å². The van der Waals surface area contributed by atoms with Gasteiger partial charge in [-0.3, -0.25) is 4.79 Å². The molecule has 0 bridgehead atoms. The molecule has 2 fully saturated rings. The smallest absolute Gasteiger partial charge is 0.227 e. The molecule has 0 aliphatic carbocycles. The van der Waals surface area contributed by atoms with Gasteiger partial charge in [-0.2, -0.15) is 0 Å². The molecule has 16 heavy (non-hydrogen) atoms. The number of amides is 1. The van der Waals surface area contributed by atoms with Gasteiger partial charge in [-0.1, -0.05) is 0 Å². The van der Waals surface area contributed by atoms with Crippen LogP contribution in [0.25, 0.3) is 0 Å². The van der Waals surface area contributed by atoms with Gasteiger partial charge < -0.3 is 15.0 Å². The molecule has 2 rings (SSSR count). The summed E-state index contributed by atoms with van der Waals surface area (Å²) in [5, 5.41) is 3.37. The number of morpholine rings is 1. The van der Waals surface area contributed by atoms with Gasteiger partial charge in [0.25, 0.3) is 0 Å². The lowest BCUT2D eigenvalue weighted by molar-refractivity contribution is -0.141. The summed E-state index contributed by atoms with van der Waals surface area (Å²) in [5.41, 5.74) is 0. The second kappa shape index (κ2) is 6.42. The van der Waals surface area contributed by atoms with Gasteiger partial charge in [-0.15, -0.1) is 12.4 Å². The molecular weight excluding hydrogens is 228 g/mol. The second-order valence-corrected chi connectivity index (χ2v) is 4.43. The van der Waals surface area contributed by atoms with Crippen molar-refractivity contribution in [2.75, 3.05) is 32.8 Å². The summed E-state index contributed by atoms with van der Waals surface area (Å²) in [4.78, 5) is 14.1. The molecule has 0 radical (unpaired) electrons. The first-order chi connectivity index (χ1) is 7.29. The molecule has 2 aliphatic heterocycles. The zero-order valence-corrected chi connectivity index (χ0v) is 10.6. The zero-order valence-electron chi connectivity index (χ0n) is 9.78. The predicted octanol–water partition coefficient (Wildman–Crippen LogP) is 0.655. The van der Waals surface area contributed by atoms with Crippen LogP contribution in [0, 0.1) is 5.92 Å². The Morgan fingerprint density at radius 2 is 2.06 bits per heavy atom. The molecule has 2 heterocycles. The fourth-order valence-electron chi connectivity index (χ4n) is 2.40. The summed E-state index contributed by atoms with van der Waals surface area (Å²) in [6, 6.07) is 0.328. The van der Waals surface area contributed by atoms with Crippen LogP contribution in [0.1, 0.15) is 19.8 Å². The van der Waals surface area contributed by atoms with E-state index >= 15 is 0 Å². The van der Waals surface area contributed by atoms with Crippen LogP contribution in [0.15, 0.2) is 0 Å². The fourth-order valence-corrected chi connectivity index (χ4v) is 2.40. The molecular formula is C11H21ClN2O2. The molecule has 0 aromatic carbocycles. The lowest BCUT2D eigenvalue weighted by atomic mass is 9.90. The molecule has 0 unspecified atom stereocenters. The van der Waals surface area contributed by atoms with Crippen molar-refractivity contribution in [1.82, 2.24) is 10.2 Å². The number of rotatable bonds is 1. The number of hydrogen-bond donors (Lipinski definition) is 1. The SMILES string of the molecule is C[C@H]1NCCC[C@H]1C(=O)N1CCOCC1.Cl. The van der Waals surface area contributed by atoms with Crippen LogP contribution in [0.3, 0.4) is 0 Å². The lowest BCUT2D eigenvalue weighted by Gasteiger charge is -2.35. The maximum absolute atomic E-state index is 12.2. The summed E-state index contributed by atoms with van der Waals surface area (Å²) < 4.78 is 5.25. The first-order valence-corrected chi connectivity index (χ1v) is 5.89. The van der Waals surface area contributed by atoms with E-state index in [0.717, 1.165) is 32.5 Å². The van der Waals surface area contributed by atoms with Gasteiger partial charge in [0, 0.05) is 19.1 Å². The Labute approximate surface area is 103 Å². The standard InChI is InChI=1S/C11H20N2O2.ClH/c1-9-10(3-2-4-12-9)11(14)13-5-7-15-8-6-13;/h9-10,12H,2-8H2,1H3;1H/t9-,10-;/m1./s1. The lowest BCUT2D eigenvalue weighted by Crippen LogP contribution is -2.50. The van der Waals surface area contributed by atoms with Crippen molar-refractivity contribution in [2.45, 2.75) is 25.8 Å². The molecule has 0 saturated carbocycles. The van der Waals surface area contributed by atoms with Crippen molar-refractivity contribution in [1.29, 1.82) is 0 Å². The Bertz CT molecular complexity index is 232. The van der Waals surface area contributed by atoms with Crippen LogP contribution in [-0.2, 0) is 9.53 Å². The normalized spacial score (nSPS) is 30.7. The number of carbonyl (C=O) groups excluding carboxylic acids is 1. The monoisotopic (exact) mass is 248 g/mol. The number of nitrogens with one attached hydrogen (secondary N) is 1. The summed E-state index contributed by atoms with van der Waals surface area (Å²) in [6.45, 7) is 6.08. The summed E-state index contributed by atoms with van der Waals surface area (Å²) in [6.07, 6.45) is 2.15. The Morgan fingerprint density at radius 1 is 1.38 bits per heavy atom. The first kappa shape index (κ1) is 13.7. The molecule has 2 aliphatic rings. The Hall–Kier alpha value is -0.320. The van der Waals surface area contributed by atoms with Gasteiger partial charge in [0.05, 0.1) is 19.1 Å². The zero-order chi connectivity index (χ0) is 10.7. The number of ether oxygens (including phenoxy) is 1. The van der Waals surface area contributed by atoms with Crippen LogP contribution in [0.5, 0.6) is 0 Å². The molecule has 5 heteroatoms. The quantitative estimate of drug-likeness (QED) is 0.741. The largest absolute Gasteiger partial charge is 0.378 e. The number of carbonyl (C=O) groups is 1. The van der Waals surface area contributed by atoms with E-state index in [1.54, 1.807) is 0 Å². The van der Waals surface area contributed by atoms with Crippen LogP contribution in [0.2, 0.25) is 0 Å². The molecule has 0 spiro atoms. The average Bonchev–Trinajstić information content (AvgIpc) is 2.30. The highest BCUT2D eigenvalue weighted by atomic mass is 35.5. The van der Waals surface area contributed by atoms with Gasteiger partial charge in [0.1, 0.15) is 0 Å². The van der Waals surface area contributed by atoms with Gasteiger partial charge >= 0.3 is 0 Å². The van der Waals surface area contributed by atoms with Crippen LogP contribution >= 0.6 is 12.4 Å². The fraction of sp³-hybridized carbons (Fsp3) is 0.909. The molecule has 0 aromatic rings. The van der Waals surface area contributed by atoms with Crippen LogP contribution in [0.4, 0.5) is 0 Å². The highest BCUT2D eigenvalue weighted by Crippen LogP contribution is 2.19. The topological polar surface area (TPSA) is 41.6 Å². The van der Waals surface area contributed by atoms with Crippen molar-refractivity contribution < 1.29 is 9.53 Å². The maximum Gasteiger partial charge on any atom is 0.227 e. The third-order valence-electron chi connectivity index (χ3n) is 3.40. The maximum atomic E-state index is 12.2. The number of hydrogen-bond acceptors (Lipinski definition) is 3. The average molecular weight is 249 g/mol. The molecule has 1 N–H and O–H groups in total. The van der Waals surface area contributed by atoms with E-state index < -0.39 is 0 Å². The highest BCUT2D eigenvalue weighted by molar-refractivity contribution is 5.85. The Balaban J connectivity index is 0.00000128. The van der Waals surface area contributed by atoms with Crippen molar-refractivity contribution in [2.24, 2.45) is 5.92 Å². The van der Waals surface area contributed by atoms with Crippen molar-refractivity contribution in [3.8, 4) is 0 Å². The summed E-state index contributed by atoms with van der Waals surface area (Å²) in [5.74, 6) is 0.495. The Morgan fingerprint density at radius 3 is 2.69 bits per heavy atom. The number of halogens is 1. The van der Waals surface area contributed by atoms with E-state index in [1.165, 1.54) is 0 Å². The number of nitrogens with zero attached hydrogens (tertiary/aromatic N) is 1. The first-order valence-electron chi connectivity index (χ1n) is 5.89. The summed E-state index contributed by atoms with van der Waals surface area (Å²) >= 11 is 0. The van der Waals surface area contributed by atoms with E-state index in [4.69, 9.17) is 4.74 Å². The molecule has 2 saturated heterocycles.